The molecule has 0 amide bonds. The first kappa shape index (κ1) is 14.5. The van der Waals surface area contributed by atoms with Crippen LogP contribution in [0.3, 0.4) is 0 Å². The van der Waals surface area contributed by atoms with Crippen LogP contribution >= 0.6 is 0 Å². The summed E-state index contributed by atoms with van der Waals surface area (Å²) in [6.07, 6.45) is 7.68. The summed E-state index contributed by atoms with van der Waals surface area (Å²) in [7, 11) is 0. The van der Waals surface area contributed by atoms with Crippen LogP contribution < -0.4 is 4.74 Å². The highest BCUT2D eigenvalue weighted by Crippen LogP contribution is 2.28. The van der Waals surface area contributed by atoms with Crippen LogP contribution in [0.5, 0.6) is 5.75 Å². The topological polar surface area (TPSA) is 23.4 Å². The zero-order valence-corrected chi connectivity index (χ0v) is 13.0. The van der Waals surface area contributed by atoms with Gasteiger partial charge in [-0.25, -0.2) is 0 Å². The molecule has 3 nitrogen and oxygen atoms in total. The van der Waals surface area contributed by atoms with Gasteiger partial charge in [-0.15, -0.1) is 0 Å². The molecule has 1 unspecified atom stereocenters. The van der Waals surface area contributed by atoms with E-state index in [4.69, 9.17) is 9.47 Å². The molecule has 1 saturated heterocycles. The van der Waals surface area contributed by atoms with Crippen molar-refractivity contribution in [3.63, 3.8) is 0 Å². The molecule has 0 aliphatic carbocycles. The maximum atomic E-state index is 5.89. The Morgan fingerprint density at radius 1 is 1.33 bits per heavy atom. The largest absolute Gasteiger partial charge is 0.490 e. The summed E-state index contributed by atoms with van der Waals surface area (Å²) < 4.78 is 13.9. The van der Waals surface area contributed by atoms with Crippen LogP contribution in [0.1, 0.15) is 39.5 Å². The molecule has 0 N–H and O–H groups in total. The van der Waals surface area contributed by atoms with E-state index < -0.39 is 0 Å². The van der Waals surface area contributed by atoms with Crippen molar-refractivity contribution in [1.29, 1.82) is 0 Å². The molecular formula is C18H25NO2. The van der Waals surface area contributed by atoms with Gasteiger partial charge in [0, 0.05) is 24.7 Å². The van der Waals surface area contributed by atoms with Crippen molar-refractivity contribution in [3.05, 3.63) is 30.5 Å². The molecule has 0 bridgehead atoms. The Morgan fingerprint density at radius 2 is 2.24 bits per heavy atom. The molecule has 1 atom stereocenters. The van der Waals surface area contributed by atoms with Gasteiger partial charge in [-0.3, -0.25) is 0 Å². The van der Waals surface area contributed by atoms with Gasteiger partial charge in [0.25, 0.3) is 0 Å². The second-order valence-electron chi connectivity index (χ2n) is 6.14. The summed E-state index contributed by atoms with van der Waals surface area (Å²) in [6, 6.07) is 8.48. The van der Waals surface area contributed by atoms with Gasteiger partial charge in [0.15, 0.2) is 0 Å². The number of nitrogens with zero attached hydrogens (tertiary/aromatic N) is 1. The number of benzene rings is 1. The second kappa shape index (κ2) is 6.52. The lowest BCUT2D eigenvalue weighted by Gasteiger charge is -2.12. The predicted molar refractivity (Wildman–Crippen MR) is 85.9 cm³/mol. The fourth-order valence-electron chi connectivity index (χ4n) is 3.11. The number of aromatic nitrogens is 1. The number of rotatable bonds is 6. The highest BCUT2D eigenvalue weighted by atomic mass is 16.5. The Kier molecular flexibility index (Phi) is 4.49. The third-order valence-corrected chi connectivity index (χ3v) is 4.09. The maximum absolute atomic E-state index is 5.89. The van der Waals surface area contributed by atoms with Gasteiger partial charge >= 0.3 is 0 Å². The fourth-order valence-corrected chi connectivity index (χ4v) is 3.11. The maximum Gasteiger partial charge on any atom is 0.129 e. The van der Waals surface area contributed by atoms with Crippen molar-refractivity contribution in [2.45, 2.75) is 58.3 Å². The summed E-state index contributed by atoms with van der Waals surface area (Å²) >= 11 is 0. The molecule has 2 aromatic rings. The molecule has 1 aliphatic rings. The van der Waals surface area contributed by atoms with Crippen LogP contribution in [0.4, 0.5) is 0 Å². The van der Waals surface area contributed by atoms with E-state index in [-0.39, 0.29) is 6.10 Å². The van der Waals surface area contributed by atoms with Crippen LogP contribution in [0.25, 0.3) is 10.9 Å². The lowest BCUT2D eigenvalue weighted by Crippen LogP contribution is -2.07. The minimum absolute atomic E-state index is 0.207. The van der Waals surface area contributed by atoms with Crippen molar-refractivity contribution in [2.24, 2.45) is 0 Å². The van der Waals surface area contributed by atoms with Gasteiger partial charge in [-0.1, -0.05) is 6.07 Å². The van der Waals surface area contributed by atoms with E-state index in [1.165, 1.54) is 36.6 Å². The first-order valence-corrected chi connectivity index (χ1v) is 8.10. The molecule has 21 heavy (non-hydrogen) atoms. The predicted octanol–water partition coefficient (Wildman–Crippen LogP) is 4.39. The molecule has 3 rings (SSSR count). The Labute approximate surface area is 126 Å². The fraction of sp³-hybridized carbons (Fsp3) is 0.556. The quantitative estimate of drug-likeness (QED) is 0.786. The molecule has 1 fully saturated rings. The number of hydrogen-bond donors (Lipinski definition) is 0. The van der Waals surface area contributed by atoms with Crippen LogP contribution in [-0.2, 0) is 11.3 Å². The lowest BCUT2D eigenvalue weighted by molar-refractivity contribution is 0.101. The molecule has 2 heterocycles. The van der Waals surface area contributed by atoms with Gasteiger partial charge in [0.1, 0.15) is 5.75 Å². The highest BCUT2D eigenvalue weighted by molar-refractivity contribution is 5.86. The smallest absolute Gasteiger partial charge is 0.129 e. The standard InChI is InChI=1S/C18H25NO2/c1-14(2)21-18-9-3-8-17-16(18)10-12-19(17)11-4-6-15-7-5-13-20-15/h3,8-10,12,14-15H,4-7,11,13H2,1-2H3. The van der Waals surface area contributed by atoms with Crippen molar-refractivity contribution in [2.75, 3.05) is 6.61 Å². The van der Waals surface area contributed by atoms with Gasteiger partial charge < -0.3 is 14.0 Å². The number of fused-ring (bicyclic) bond motifs is 1. The Bertz CT molecular complexity index is 582. The summed E-state index contributed by atoms with van der Waals surface area (Å²) in [5.74, 6) is 0.986. The molecule has 1 aromatic heterocycles. The summed E-state index contributed by atoms with van der Waals surface area (Å²) in [6.45, 7) is 6.14. The van der Waals surface area contributed by atoms with Crippen molar-refractivity contribution < 1.29 is 9.47 Å². The van der Waals surface area contributed by atoms with Crippen LogP contribution in [-0.4, -0.2) is 23.4 Å². The lowest BCUT2D eigenvalue weighted by atomic mass is 10.1. The van der Waals surface area contributed by atoms with E-state index in [9.17, 15) is 0 Å². The van der Waals surface area contributed by atoms with Crippen molar-refractivity contribution in [1.82, 2.24) is 4.57 Å². The zero-order valence-electron chi connectivity index (χ0n) is 13.0. The van der Waals surface area contributed by atoms with Gasteiger partial charge in [0.05, 0.1) is 17.7 Å². The van der Waals surface area contributed by atoms with Crippen molar-refractivity contribution in [3.8, 4) is 5.75 Å². The molecule has 3 heteroatoms. The molecule has 1 aliphatic heterocycles. The van der Waals surface area contributed by atoms with Gasteiger partial charge in [0.2, 0.25) is 0 Å². The Balaban J connectivity index is 1.68. The summed E-state index contributed by atoms with van der Waals surface area (Å²) in [5.41, 5.74) is 1.26. The number of ether oxygens (including phenoxy) is 2. The first-order chi connectivity index (χ1) is 10.2. The molecule has 0 spiro atoms. The first-order valence-electron chi connectivity index (χ1n) is 8.10. The average molecular weight is 287 g/mol. The van der Waals surface area contributed by atoms with Crippen LogP contribution in [0.15, 0.2) is 30.5 Å². The number of aryl methyl sites for hydroxylation is 1. The third kappa shape index (κ3) is 3.41. The zero-order chi connectivity index (χ0) is 14.7. The van der Waals surface area contributed by atoms with E-state index in [1.54, 1.807) is 0 Å². The molecule has 0 radical (unpaired) electrons. The highest BCUT2D eigenvalue weighted by Gasteiger charge is 2.15. The summed E-state index contributed by atoms with van der Waals surface area (Å²) in [5, 5.41) is 1.21. The SMILES string of the molecule is CC(C)Oc1cccc2c1ccn2CCCC1CCCO1. The van der Waals surface area contributed by atoms with E-state index in [1.807, 2.05) is 0 Å². The van der Waals surface area contributed by atoms with E-state index in [0.29, 0.717) is 6.10 Å². The third-order valence-electron chi connectivity index (χ3n) is 4.09. The summed E-state index contributed by atoms with van der Waals surface area (Å²) in [4.78, 5) is 0. The second-order valence-corrected chi connectivity index (χ2v) is 6.14. The van der Waals surface area contributed by atoms with Crippen LogP contribution in [0, 0.1) is 0 Å². The normalized spacial score (nSPS) is 18.7. The van der Waals surface area contributed by atoms with Crippen molar-refractivity contribution >= 4 is 10.9 Å². The molecule has 1 aromatic carbocycles. The Morgan fingerprint density at radius 3 is 3.00 bits per heavy atom. The van der Waals surface area contributed by atoms with Crippen LogP contribution in [0.2, 0.25) is 0 Å². The average Bonchev–Trinajstić information content (AvgIpc) is 3.09. The van der Waals surface area contributed by atoms with E-state index in [0.717, 1.165) is 18.9 Å². The Hall–Kier alpha value is -1.48. The van der Waals surface area contributed by atoms with E-state index in [2.05, 4.69) is 48.9 Å². The van der Waals surface area contributed by atoms with Gasteiger partial charge in [-0.2, -0.15) is 0 Å². The molecular weight excluding hydrogens is 262 g/mol. The minimum atomic E-state index is 0.207. The minimum Gasteiger partial charge on any atom is -0.490 e. The van der Waals surface area contributed by atoms with E-state index >= 15 is 0 Å². The molecule has 0 saturated carbocycles. The molecule has 114 valence electrons. The monoisotopic (exact) mass is 287 g/mol. The number of hydrogen-bond acceptors (Lipinski definition) is 2. The van der Waals surface area contributed by atoms with Gasteiger partial charge in [-0.05, 0) is 57.7 Å².